The Balaban J connectivity index is 2.99. The van der Waals surface area contributed by atoms with Gasteiger partial charge in [-0.1, -0.05) is 43.7 Å². The second-order valence-electron chi connectivity index (χ2n) is 4.12. The van der Waals surface area contributed by atoms with E-state index in [4.69, 9.17) is 16.3 Å². The molecule has 1 nitrogen and oxygen atoms in total. The van der Waals surface area contributed by atoms with Crippen molar-refractivity contribution >= 4 is 17.2 Å². The molecule has 0 saturated carbocycles. The minimum atomic E-state index is 0.473. The average Bonchev–Trinajstić information content (AvgIpc) is 2.38. The Morgan fingerprint density at radius 2 is 1.94 bits per heavy atom. The Labute approximate surface area is 115 Å². The SMILES string of the molecule is C=CC/C(=C(\Cl)OCC)c1ccc(CCC)cc1. The molecule has 1 aromatic carbocycles. The van der Waals surface area contributed by atoms with Crippen LogP contribution in [-0.2, 0) is 11.2 Å². The van der Waals surface area contributed by atoms with E-state index in [1.165, 1.54) is 5.56 Å². The molecule has 0 fully saturated rings. The third-order valence-electron chi connectivity index (χ3n) is 2.70. The molecule has 0 atom stereocenters. The zero-order valence-corrected chi connectivity index (χ0v) is 12.0. The van der Waals surface area contributed by atoms with Crippen LogP contribution >= 0.6 is 11.6 Å². The normalized spacial score (nSPS) is 11.9. The van der Waals surface area contributed by atoms with Crippen LogP contribution in [0.4, 0.5) is 0 Å². The van der Waals surface area contributed by atoms with Crippen molar-refractivity contribution in [2.24, 2.45) is 0 Å². The fourth-order valence-electron chi connectivity index (χ4n) is 1.83. The maximum absolute atomic E-state index is 6.17. The van der Waals surface area contributed by atoms with E-state index in [9.17, 15) is 0 Å². The van der Waals surface area contributed by atoms with Crippen molar-refractivity contribution in [3.63, 3.8) is 0 Å². The van der Waals surface area contributed by atoms with E-state index in [0.29, 0.717) is 18.2 Å². The topological polar surface area (TPSA) is 9.23 Å². The summed E-state index contributed by atoms with van der Waals surface area (Å²) in [7, 11) is 0. The van der Waals surface area contributed by atoms with Gasteiger partial charge in [-0.05, 0) is 42.5 Å². The molecule has 0 radical (unpaired) electrons. The summed E-state index contributed by atoms with van der Waals surface area (Å²) in [6.45, 7) is 8.46. The van der Waals surface area contributed by atoms with Crippen LogP contribution in [0.2, 0.25) is 0 Å². The Kier molecular flexibility index (Phi) is 6.59. The third-order valence-corrected chi connectivity index (χ3v) is 3.04. The number of hydrogen-bond acceptors (Lipinski definition) is 1. The van der Waals surface area contributed by atoms with Crippen LogP contribution in [0, 0.1) is 0 Å². The number of ether oxygens (including phenoxy) is 1. The fourth-order valence-corrected chi connectivity index (χ4v) is 2.13. The fraction of sp³-hybridized carbons (Fsp3) is 0.375. The number of halogens is 1. The predicted octanol–water partition coefficient (Wildman–Crippen LogP) is 5.16. The number of benzene rings is 1. The lowest BCUT2D eigenvalue weighted by Gasteiger charge is -2.10. The summed E-state index contributed by atoms with van der Waals surface area (Å²) < 4.78 is 5.39. The van der Waals surface area contributed by atoms with Crippen LogP contribution < -0.4 is 0 Å². The van der Waals surface area contributed by atoms with Crippen LogP contribution in [0.1, 0.15) is 37.8 Å². The van der Waals surface area contributed by atoms with Crippen molar-refractivity contribution in [1.29, 1.82) is 0 Å². The van der Waals surface area contributed by atoms with Crippen LogP contribution in [0.5, 0.6) is 0 Å². The van der Waals surface area contributed by atoms with Crippen molar-refractivity contribution in [2.75, 3.05) is 6.61 Å². The van der Waals surface area contributed by atoms with Gasteiger partial charge in [-0.2, -0.15) is 0 Å². The highest BCUT2D eigenvalue weighted by Gasteiger charge is 2.07. The number of hydrogen-bond donors (Lipinski definition) is 0. The van der Waals surface area contributed by atoms with Crippen LogP contribution in [0.15, 0.2) is 42.1 Å². The van der Waals surface area contributed by atoms with Gasteiger partial charge in [0.15, 0.2) is 5.22 Å². The number of rotatable bonds is 7. The summed E-state index contributed by atoms with van der Waals surface area (Å²) >= 11 is 6.17. The molecule has 1 aromatic rings. The maximum atomic E-state index is 6.17. The first-order chi connectivity index (χ1) is 8.72. The minimum absolute atomic E-state index is 0.473. The number of allylic oxidation sites excluding steroid dienone is 2. The summed E-state index contributed by atoms with van der Waals surface area (Å²) in [5.41, 5.74) is 3.46. The van der Waals surface area contributed by atoms with Gasteiger partial charge in [0.2, 0.25) is 0 Å². The van der Waals surface area contributed by atoms with Gasteiger partial charge in [-0.3, -0.25) is 0 Å². The first-order valence-corrected chi connectivity index (χ1v) is 6.82. The Hall–Kier alpha value is -1.21. The first kappa shape index (κ1) is 14.8. The monoisotopic (exact) mass is 264 g/mol. The molecule has 1 rings (SSSR count). The molecule has 0 amide bonds. The van der Waals surface area contributed by atoms with Crippen LogP contribution in [0.3, 0.4) is 0 Å². The van der Waals surface area contributed by atoms with E-state index in [1.807, 2.05) is 13.0 Å². The summed E-state index contributed by atoms with van der Waals surface area (Å²) in [6.07, 6.45) is 4.83. The molecule has 0 unspecified atom stereocenters. The molecule has 0 heterocycles. The molecule has 0 aliphatic carbocycles. The molecular formula is C16H21ClO. The van der Waals surface area contributed by atoms with Gasteiger partial charge in [0.1, 0.15) is 0 Å². The predicted molar refractivity (Wildman–Crippen MR) is 79.7 cm³/mol. The van der Waals surface area contributed by atoms with Crippen LogP contribution in [0.25, 0.3) is 5.57 Å². The summed E-state index contributed by atoms with van der Waals surface area (Å²) in [4.78, 5) is 0. The third kappa shape index (κ3) is 4.23. The van der Waals surface area contributed by atoms with Gasteiger partial charge in [0, 0.05) is 5.57 Å². The highest BCUT2D eigenvalue weighted by atomic mass is 35.5. The molecule has 98 valence electrons. The van der Waals surface area contributed by atoms with Crippen molar-refractivity contribution in [1.82, 2.24) is 0 Å². The summed E-state index contributed by atoms with van der Waals surface area (Å²) in [6, 6.07) is 8.51. The molecule has 0 bridgehead atoms. The molecule has 0 spiro atoms. The van der Waals surface area contributed by atoms with E-state index in [2.05, 4.69) is 37.8 Å². The second kappa shape index (κ2) is 7.99. The van der Waals surface area contributed by atoms with E-state index in [-0.39, 0.29) is 0 Å². The van der Waals surface area contributed by atoms with Crippen molar-refractivity contribution in [3.05, 3.63) is 53.3 Å². The van der Waals surface area contributed by atoms with E-state index >= 15 is 0 Å². The quantitative estimate of drug-likeness (QED) is 0.488. The van der Waals surface area contributed by atoms with Gasteiger partial charge in [0.05, 0.1) is 6.61 Å². The van der Waals surface area contributed by atoms with E-state index < -0.39 is 0 Å². The largest absolute Gasteiger partial charge is 0.483 e. The maximum Gasteiger partial charge on any atom is 0.190 e. The second-order valence-corrected chi connectivity index (χ2v) is 4.47. The molecule has 0 N–H and O–H groups in total. The van der Waals surface area contributed by atoms with Gasteiger partial charge >= 0.3 is 0 Å². The van der Waals surface area contributed by atoms with Gasteiger partial charge in [0.25, 0.3) is 0 Å². The Morgan fingerprint density at radius 1 is 1.28 bits per heavy atom. The molecule has 0 aromatic heterocycles. The zero-order valence-electron chi connectivity index (χ0n) is 11.2. The van der Waals surface area contributed by atoms with Gasteiger partial charge < -0.3 is 4.74 Å². The first-order valence-electron chi connectivity index (χ1n) is 6.44. The standard InChI is InChI=1S/C16H21ClO/c1-4-7-13-9-11-14(12-10-13)15(8-5-2)16(17)18-6-3/h5,9-12H,2,4,6-8H2,1,3H3/b16-15-. The van der Waals surface area contributed by atoms with Gasteiger partial charge in [-0.25, -0.2) is 0 Å². The Bertz CT molecular complexity index is 404. The Morgan fingerprint density at radius 3 is 2.44 bits per heavy atom. The zero-order chi connectivity index (χ0) is 13.4. The van der Waals surface area contributed by atoms with Crippen molar-refractivity contribution < 1.29 is 4.74 Å². The minimum Gasteiger partial charge on any atom is -0.483 e. The summed E-state index contributed by atoms with van der Waals surface area (Å²) in [5, 5.41) is 0.473. The molecule has 0 aliphatic heterocycles. The van der Waals surface area contributed by atoms with Crippen molar-refractivity contribution in [3.8, 4) is 0 Å². The molecule has 0 saturated heterocycles. The average molecular weight is 265 g/mol. The van der Waals surface area contributed by atoms with Crippen molar-refractivity contribution in [2.45, 2.75) is 33.1 Å². The highest BCUT2D eigenvalue weighted by molar-refractivity contribution is 6.31. The lowest BCUT2D eigenvalue weighted by atomic mass is 10.0. The van der Waals surface area contributed by atoms with Gasteiger partial charge in [-0.15, -0.1) is 6.58 Å². The lowest BCUT2D eigenvalue weighted by Crippen LogP contribution is -1.93. The number of aryl methyl sites for hydroxylation is 1. The van der Waals surface area contributed by atoms with E-state index in [1.54, 1.807) is 0 Å². The highest BCUT2D eigenvalue weighted by Crippen LogP contribution is 2.26. The van der Waals surface area contributed by atoms with Crippen LogP contribution in [-0.4, -0.2) is 6.61 Å². The molecule has 2 heteroatoms. The molecule has 18 heavy (non-hydrogen) atoms. The van der Waals surface area contributed by atoms with E-state index in [0.717, 1.165) is 24.0 Å². The lowest BCUT2D eigenvalue weighted by molar-refractivity contribution is 0.256. The molecule has 0 aliphatic rings. The molecular weight excluding hydrogens is 244 g/mol. The summed E-state index contributed by atoms with van der Waals surface area (Å²) in [5.74, 6) is 0. The smallest absolute Gasteiger partial charge is 0.190 e.